The van der Waals surface area contributed by atoms with Crippen molar-refractivity contribution < 1.29 is 5.11 Å². The van der Waals surface area contributed by atoms with Crippen LogP contribution in [0.3, 0.4) is 0 Å². The highest BCUT2D eigenvalue weighted by atomic mass is 32.2. The van der Waals surface area contributed by atoms with Crippen molar-refractivity contribution in [1.82, 2.24) is 5.32 Å². The molecule has 2 rings (SSSR count). The maximum atomic E-state index is 9.73. The van der Waals surface area contributed by atoms with Gasteiger partial charge in [0.05, 0.1) is 6.10 Å². The van der Waals surface area contributed by atoms with Crippen molar-refractivity contribution in [3.05, 3.63) is 35.4 Å². The highest BCUT2D eigenvalue weighted by Crippen LogP contribution is 2.37. The second kappa shape index (κ2) is 6.78. The second-order valence-corrected chi connectivity index (χ2v) is 7.10. The topological polar surface area (TPSA) is 32.3 Å². The third-order valence-corrected chi connectivity index (χ3v) is 5.76. The lowest BCUT2D eigenvalue weighted by Crippen LogP contribution is -2.30. The molecule has 0 fully saturated rings. The normalized spacial score (nSPS) is 26.3. The van der Waals surface area contributed by atoms with Gasteiger partial charge in [-0.25, -0.2) is 0 Å². The predicted octanol–water partition coefficient (Wildman–Crippen LogP) is 3.15. The molecule has 0 radical (unpaired) electrons. The Hall–Kier alpha value is -0.510. The Kier molecular flexibility index (Phi) is 5.31. The third-order valence-electron chi connectivity index (χ3n) is 4.08. The molecule has 1 aliphatic rings. The van der Waals surface area contributed by atoms with Crippen molar-refractivity contribution in [2.45, 2.75) is 55.8 Å². The Morgan fingerprint density at radius 1 is 1.32 bits per heavy atom. The average molecular weight is 279 g/mol. The van der Waals surface area contributed by atoms with Gasteiger partial charge in [-0.2, -0.15) is 11.8 Å². The largest absolute Gasteiger partial charge is 0.392 e. The molecule has 4 unspecified atom stereocenters. The van der Waals surface area contributed by atoms with Crippen LogP contribution >= 0.6 is 11.8 Å². The summed E-state index contributed by atoms with van der Waals surface area (Å²) in [6, 6.07) is 9.17. The van der Waals surface area contributed by atoms with Crippen LogP contribution < -0.4 is 5.32 Å². The summed E-state index contributed by atoms with van der Waals surface area (Å²) in [6.45, 7) is 4.01. The first-order valence-electron chi connectivity index (χ1n) is 7.22. The van der Waals surface area contributed by atoms with Gasteiger partial charge in [0, 0.05) is 16.5 Å². The minimum Gasteiger partial charge on any atom is -0.392 e. The molecule has 1 aromatic carbocycles. The Morgan fingerprint density at radius 2 is 2.05 bits per heavy atom. The molecule has 1 aromatic rings. The molecule has 2 N–H and O–H groups in total. The van der Waals surface area contributed by atoms with Crippen molar-refractivity contribution >= 4 is 11.8 Å². The summed E-state index contributed by atoms with van der Waals surface area (Å²) in [5, 5.41) is 14.1. The van der Waals surface area contributed by atoms with Crippen LogP contribution in [0.4, 0.5) is 0 Å². The molecule has 3 heteroatoms. The molecule has 0 aromatic heterocycles. The highest BCUT2D eigenvalue weighted by Gasteiger charge is 2.29. The van der Waals surface area contributed by atoms with Crippen LogP contribution in [0, 0.1) is 0 Å². The zero-order valence-corrected chi connectivity index (χ0v) is 12.9. The lowest BCUT2D eigenvalue weighted by molar-refractivity contribution is 0.196. The number of thioether (sulfide) groups is 1. The lowest BCUT2D eigenvalue weighted by atomic mass is 9.99. The zero-order chi connectivity index (χ0) is 13.8. The van der Waals surface area contributed by atoms with E-state index in [1.165, 1.54) is 30.4 Å². The van der Waals surface area contributed by atoms with E-state index in [-0.39, 0.29) is 11.4 Å². The lowest BCUT2D eigenvalue weighted by Gasteiger charge is -2.29. The van der Waals surface area contributed by atoms with E-state index in [1.54, 1.807) is 0 Å². The quantitative estimate of drug-likeness (QED) is 0.830. The van der Waals surface area contributed by atoms with Gasteiger partial charge < -0.3 is 10.4 Å². The smallest absolute Gasteiger partial charge is 0.0628 e. The average Bonchev–Trinajstić information content (AvgIpc) is 2.57. The van der Waals surface area contributed by atoms with E-state index in [0.717, 1.165) is 0 Å². The highest BCUT2D eigenvalue weighted by molar-refractivity contribution is 8.00. The van der Waals surface area contributed by atoms with Gasteiger partial charge in [-0.05, 0) is 44.4 Å². The molecule has 0 aliphatic heterocycles. The molecule has 0 amide bonds. The van der Waals surface area contributed by atoms with Crippen molar-refractivity contribution in [2.75, 3.05) is 7.05 Å². The van der Waals surface area contributed by atoms with Gasteiger partial charge in [-0.15, -0.1) is 0 Å². The Morgan fingerprint density at radius 3 is 2.74 bits per heavy atom. The van der Waals surface area contributed by atoms with Crippen LogP contribution in [-0.4, -0.2) is 28.8 Å². The van der Waals surface area contributed by atoms with Crippen LogP contribution in [0.2, 0.25) is 0 Å². The number of hydrogen-bond donors (Lipinski definition) is 2. The summed E-state index contributed by atoms with van der Waals surface area (Å²) in [7, 11) is 2.05. The summed E-state index contributed by atoms with van der Waals surface area (Å²) in [5.41, 5.74) is 2.92. The van der Waals surface area contributed by atoms with Gasteiger partial charge >= 0.3 is 0 Å². The van der Waals surface area contributed by atoms with Crippen LogP contribution in [0.1, 0.15) is 43.9 Å². The minimum absolute atomic E-state index is 0.249. The first-order valence-corrected chi connectivity index (χ1v) is 8.16. The molecule has 4 atom stereocenters. The van der Waals surface area contributed by atoms with Gasteiger partial charge in [0.25, 0.3) is 0 Å². The number of hydrogen-bond acceptors (Lipinski definition) is 3. The number of aliphatic hydroxyl groups is 1. The van der Waals surface area contributed by atoms with E-state index in [0.29, 0.717) is 11.3 Å². The maximum absolute atomic E-state index is 9.73. The van der Waals surface area contributed by atoms with Crippen molar-refractivity contribution in [3.63, 3.8) is 0 Å². The zero-order valence-electron chi connectivity index (χ0n) is 12.1. The summed E-state index contributed by atoms with van der Waals surface area (Å²) >= 11 is 1.93. The third kappa shape index (κ3) is 3.53. The number of aliphatic hydroxyl groups excluding tert-OH is 1. The molecule has 1 aliphatic carbocycles. The van der Waals surface area contributed by atoms with E-state index in [9.17, 15) is 5.11 Å². The fourth-order valence-corrected chi connectivity index (χ4v) is 4.32. The van der Waals surface area contributed by atoms with Gasteiger partial charge in [0.1, 0.15) is 0 Å². The fraction of sp³-hybridized carbons (Fsp3) is 0.625. The molecule has 2 nitrogen and oxygen atoms in total. The van der Waals surface area contributed by atoms with Crippen molar-refractivity contribution in [2.24, 2.45) is 0 Å². The number of rotatable bonds is 4. The van der Waals surface area contributed by atoms with E-state index in [2.05, 4.69) is 36.5 Å². The first kappa shape index (κ1) is 14.9. The predicted molar refractivity (Wildman–Crippen MR) is 83.7 cm³/mol. The van der Waals surface area contributed by atoms with Gasteiger partial charge in [-0.3, -0.25) is 0 Å². The molecule has 0 spiro atoms. The van der Waals surface area contributed by atoms with Crippen molar-refractivity contribution in [3.8, 4) is 0 Å². The van der Waals surface area contributed by atoms with Crippen molar-refractivity contribution in [1.29, 1.82) is 0 Å². The summed E-state index contributed by atoms with van der Waals surface area (Å²) in [6.07, 6.45) is 3.37. The van der Waals surface area contributed by atoms with Crippen LogP contribution in [0.25, 0.3) is 0 Å². The van der Waals surface area contributed by atoms with Gasteiger partial charge in [-0.1, -0.05) is 31.2 Å². The van der Waals surface area contributed by atoms with Gasteiger partial charge in [0.2, 0.25) is 0 Å². The number of fused-ring (bicyclic) bond motifs is 1. The Labute approximate surface area is 121 Å². The second-order valence-electron chi connectivity index (χ2n) is 5.48. The van der Waals surface area contributed by atoms with E-state index in [4.69, 9.17) is 0 Å². The number of aryl methyl sites for hydroxylation is 1. The molecule has 0 bridgehead atoms. The Bertz CT molecular complexity index is 407. The Balaban J connectivity index is 2.21. The SMILES string of the molecule is CNC1c2ccccc2CCCC1SC(C)C(C)O. The van der Waals surface area contributed by atoms with Gasteiger partial charge in [0.15, 0.2) is 0 Å². The van der Waals surface area contributed by atoms with E-state index < -0.39 is 0 Å². The number of nitrogens with one attached hydrogen (secondary N) is 1. The minimum atomic E-state index is -0.249. The molecule has 0 saturated carbocycles. The molecule has 106 valence electrons. The van der Waals surface area contributed by atoms with Crippen LogP contribution in [-0.2, 0) is 6.42 Å². The molecular weight excluding hydrogens is 254 g/mol. The van der Waals surface area contributed by atoms with Crippen LogP contribution in [0.5, 0.6) is 0 Å². The first-order chi connectivity index (χ1) is 9.13. The molecule has 0 saturated heterocycles. The summed E-state index contributed by atoms with van der Waals surface area (Å²) in [4.78, 5) is 0. The summed E-state index contributed by atoms with van der Waals surface area (Å²) < 4.78 is 0. The van der Waals surface area contributed by atoms with E-state index in [1.807, 2.05) is 25.7 Å². The fourth-order valence-electron chi connectivity index (χ4n) is 2.80. The molecular formula is C16H25NOS. The molecule has 0 heterocycles. The van der Waals surface area contributed by atoms with Crippen LogP contribution in [0.15, 0.2) is 24.3 Å². The van der Waals surface area contributed by atoms with E-state index >= 15 is 0 Å². The maximum Gasteiger partial charge on any atom is 0.0628 e. The summed E-state index contributed by atoms with van der Waals surface area (Å²) in [5.74, 6) is 0. The molecule has 19 heavy (non-hydrogen) atoms. The standard InChI is InChI=1S/C16H25NOS/c1-11(18)12(2)19-15-10-6-8-13-7-4-5-9-14(13)16(15)17-3/h4-5,7,9,11-12,15-18H,6,8,10H2,1-3H3. The number of benzene rings is 1. The monoisotopic (exact) mass is 279 g/mol.